The zero-order valence-electron chi connectivity index (χ0n) is 12.1. The quantitative estimate of drug-likeness (QED) is 0.743. The van der Waals surface area contributed by atoms with E-state index in [0.29, 0.717) is 22.4 Å². The van der Waals surface area contributed by atoms with Crippen LogP contribution in [0.2, 0.25) is 0 Å². The zero-order valence-corrected chi connectivity index (χ0v) is 13.0. The molecule has 0 saturated carbocycles. The van der Waals surface area contributed by atoms with Gasteiger partial charge >= 0.3 is 5.63 Å². The highest BCUT2D eigenvalue weighted by Crippen LogP contribution is 2.20. The predicted molar refractivity (Wildman–Crippen MR) is 86.3 cm³/mol. The SMILES string of the molecule is COc1ccc(NS(=O)(=O)c2cc3ccccc3oc2=O)cc1. The summed E-state index contributed by atoms with van der Waals surface area (Å²) in [5.74, 6) is 0.596. The van der Waals surface area contributed by atoms with Crippen LogP contribution in [0.1, 0.15) is 0 Å². The molecule has 2 aromatic carbocycles. The molecule has 1 aromatic heterocycles. The Morgan fingerprint density at radius 2 is 1.74 bits per heavy atom. The standard InChI is InChI=1S/C16H13NO5S/c1-21-13-8-6-12(7-9-13)17-23(19,20)15-10-11-4-2-3-5-14(11)22-16(15)18/h2-10,17H,1H3. The molecule has 0 aliphatic heterocycles. The molecule has 118 valence electrons. The van der Waals surface area contributed by atoms with Crippen molar-refractivity contribution in [2.45, 2.75) is 4.90 Å². The highest BCUT2D eigenvalue weighted by molar-refractivity contribution is 7.92. The molecular weight excluding hydrogens is 318 g/mol. The molecule has 0 amide bonds. The van der Waals surface area contributed by atoms with E-state index in [-0.39, 0.29) is 0 Å². The third-order valence-corrected chi connectivity index (χ3v) is 4.61. The molecule has 0 fully saturated rings. The minimum Gasteiger partial charge on any atom is -0.497 e. The molecule has 0 radical (unpaired) electrons. The maximum atomic E-state index is 12.4. The number of rotatable bonds is 4. The molecule has 1 heterocycles. The first kappa shape index (κ1) is 15.1. The molecule has 7 heteroatoms. The average molecular weight is 331 g/mol. The van der Waals surface area contributed by atoms with E-state index in [1.165, 1.54) is 13.2 Å². The van der Waals surface area contributed by atoms with Crippen LogP contribution in [0, 0.1) is 0 Å². The Kier molecular flexibility index (Phi) is 3.79. The van der Waals surface area contributed by atoms with Crippen LogP contribution in [0.15, 0.2) is 68.7 Å². The third kappa shape index (κ3) is 3.04. The van der Waals surface area contributed by atoms with Crippen LogP contribution in [0.25, 0.3) is 11.0 Å². The van der Waals surface area contributed by atoms with Gasteiger partial charge in [-0.05, 0) is 36.4 Å². The third-order valence-electron chi connectivity index (χ3n) is 3.24. The van der Waals surface area contributed by atoms with Crippen molar-refractivity contribution in [1.82, 2.24) is 0 Å². The first-order valence-electron chi connectivity index (χ1n) is 6.69. The first-order valence-corrected chi connectivity index (χ1v) is 8.18. The molecule has 0 unspecified atom stereocenters. The van der Waals surface area contributed by atoms with Gasteiger partial charge in [-0.2, -0.15) is 0 Å². The van der Waals surface area contributed by atoms with Crippen LogP contribution in [-0.2, 0) is 10.0 Å². The van der Waals surface area contributed by atoms with Crippen LogP contribution in [-0.4, -0.2) is 15.5 Å². The van der Waals surface area contributed by atoms with Gasteiger partial charge in [-0.1, -0.05) is 18.2 Å². The van der Waals surface area contributed by atoms with Gasteiger partial charge in [0.25, 0.3) is 10.0 Å². The van der Waals surface area contributed by atoms with E-state index in [2.05, 4.69) is 4.72 Å². The number of anilines is 1. The molecule has 1 N–H and O–H groups in total. The lowest BCUT2D eigenvalue weighted by atomic mass is 10.2. The lowest BCUT2D eigenvalue weighted by Crippen LogP contribution is -2.20. The largest absolute Gasteiger partial charge is 0.497 e. The minimum absolute atomic E-state index is 0.318. The molecule has 0 atom stereocenters. The molecule has 3 rings (SSSR count). The van der Waals surface area contributed by atoms with Gasteiger partial charge in [-0.3, -0.25) is 4.72 Å². The van der Waals surface area contributed by atoms with E-state index >= 15 is 0 Å². The second kappa shape index (κ2) is 5.77. The summed E-state index contributed by atoms with van der Waals surface area (Å²) in [6.45, 7) is 0. The number of sulfonamides is 1. The van der Waals surface area contributed by atoms with Gasteiger partial charge < -0.3 is 9.15 Å². The number of para-hydroxylation sites is 1. The molecule has 6 nitrogen and oxygen atoms in total. The van der Waals surface area contributed by atoms with Gasteiger partial charge in [-0.15, -0.1) is 0 Å². The van der Waals surface area contributed by atoms with Crippen molar-refractivity contribution in [3.63, 3.8) is 0 Å². The van der Waals surface area contributed by atoms with Crippen molar-refractivity contribution in [2.24, 2.45) is 0 Å². The Morgan fingerprint density at radius 1 is 1.04 bits per heavy atom. The fraction of sp³-hybridized carbons (Fsp3) is 0.0625. The lowest BCUT2D eigenvalue weighted by Gasteiger charge is -2.08. The molecule has 0 saturated heterocycles. The van der Waals surface area contributed by atoms with E-state index < -0.39 is 20.5 Å². The van der Waals surface area contributed by atoms with Crippen LogP contribution in [0.3, 0.4) is 0 Å². The Labute approximate surface area is 132 Å². The van der Waals surface area contributed by atoms with Crippen LogP contribution < -0.4 is 15.1 Å². The number of nitrogens with one attached hydrogen (secondary N) is 1. The smallest absolute Gasteiger partial charge is 0.357 e. The van der Waals surface area contributed by atoms with E-state index in [9.17, 15) is 13.2 Å². The summed E-state index contributed by atoms with van der Waals surface area (Å²) in [6.07, 6.45) is 0. The van der Waals surface area contributed by atoms with Gasteiger partial charge in [-0.25, -0.2) is 13.2 Å². The number of fused-ring (bicyclic) bond motifs is 1. The highest BCUT2D eigenvalue weighted by atomic mass is 32.2. The number of ether oxygens (including phenoxy) is 1. The second-order valence-corrected chi connectivity index (χ2v) is 6.42. The molecule has 0 spiro atoms. The summed E-state index contributed by atoms with van der Waals surface area (Å²) in [7, 11) is -2.54. The van der Waals surface area contributed by atoms with Gasteiger partial charge in [0.15, 0.2) is 4.90 Å². The minimum atomic E-state index is -4.05. The van der Waals surface area contributed by atoms with Crippen molar-refractivity contribution >= 4 is 26.7 Å². The average Bonchev–Trinajstić information content (AvgIpc) is 2.54. The number of benzene rings is 2. The van der Waals surface area contributed by atoms with Crippen molar-refractivity contribution in [2.75, 3.05) is 11.8 Å². The van der Waals surface area contributed by atoms with Gasteiger partial charge in [0.05, 0.1) is 7.11 Å². The summed E-state index contributed by atoms with van der Waals surface area (Å²) in [5, 5.41) is 0.530. The van der Waals surface area contributed by atoms with Crippen molar-refractivity contribution < 1.29 is 17.6 Å². The Balaban J connectivity index is 2.01. The molecule has 0 aliphatic carbocycles. The molecule has 0 aliphatic rings. The summed E-state index contributed by atoms with van der Waals surface area (Å²) < 4.78 is 37.3. The Hall–Kier alpha value is -2.80. The Bertz CT molecular complexity index is 1010. The van der Waals surface area contributed by atoms with E-state index in [0.717, 1.165) is 0 Å². The fourth-order valence-corrected chi connectivity index (χ4v) is 3.20. The number of methoxy groups -OCH3 is 1. The van der Waals surface area contributed by atoms with Crippen molar-refractivity contribution in [3.8, 4) is 5.75 Å². The van der Waals surface area contributed by atoms with Gasteiger partial charge in [0.1, 0.15) is 11.3 Å². The number of hydrogen-bond donors (Lipinski definition) is 1. The van der Waals surface area contributed by atoms with E-state index in [1.54, 1.807) is 48.5 Å². The lowest BCUT2D eigenvalue weighted by molar-refractivity contribution is 0.415. The summed E-state index contributed by atoms with van der Waals surface area (Å²) >= 11 is 0. The van der Waals surface area contributed by atoms with Crippen LogP contribution >= 0.6 is 0 Å². The molecule has 23 heavy (non-hydrogen) atoms. The van der Waals surface area contributed by atoms with Crippen LogP contribution in [0.4, 0.5) is 5.69 Å². The first-order chi connectivity index (χ1) is 11.0. The topological polar surface area (TPSA) is 85.6 Å². The van der Waals surface area contributed by atoms with Gasteiger partial charge in [0, 0.05) is 11.1 Å². The maximum Gasteiger partial charge on any atom is 0.357 e. The summed E-state index contributed by atoms with van der Waals surface area (Å²) in [5.41, 5.74) is -0.260. The summed E-state index contributed by atoms with van der Waals surface area (Å²) in [6, 6.07) is 14.3. The molecular formula is C16H13NO5S. The molecule has 0 bridgehead atoms. The van der Waals surface area contributed by atoms with Crippen molar-refractivity contribution in [3.05, 3.63) is 65.0 Å². The monoisotopic (exact) mass is 331 g/mol. The highest BCUT2D eigenvalue weighted by Gasteiger charge is 2.20. The maximum absolute atomic E-state index is 12.4. The molecule has 3 aromatic rings. The summed E-state index contributed by atoms with van der Waals surface area (Å²) in [4.78, 5) is 11.5. The fourth-order valence-electron chi connectivity index (χ4n) is 2.10. The predicted octanol–water partition coefficient (Wildman–Crippen LogP) is 2.60. The van der Waals surface area contributed by atoms with E-state index in [1.807, 2.05) is 0 Å². The zero-order chi connectivity index (χ0) is 16.4. The van der Waals surface area contributed by atoms with E-state index in [4.69, 9.17) is 9.15 Å². The Morgan fingerprint density at radius 3 is 2.43 bits per heavy atom. The second-order valence-electron chi connectivity index (χ2n) is 4.77. The normalized spacial score (nSPS) is 11.3. The number of hydrogen-bond acceptors (Lipinski definition) is 5. The van der Waals surface area contributed by atoms with Gasteiger partial charge in [0.2, 0.25) is 0 Å². The van der Waals surface area contributed by atoms with Crippen molar-refractivity contribution in [1.29, 1.82) is 0 Å². The van der Waals surface area contributed by atoms with Crippen LogP contribution in [0.5, 0.6) is 5.75 Å².